The van der Waals surface area contributed by atoms with E-state index in [-0.39, 0.29) is 11.8 Å². The summed E-state index contributed by atoms with van der Waals surface area (Å²) in [6.45, 7) is 10.8. The van der Waals surface area contributed by atoms with E-state index in [1.807, 2.05) is 62.9 Å². The molecule has 2 aliphatic rings. The van der Waals surface area contributed by atoms with E-state index in [1.54, 1.807) is 0 Å². The van der Waals surface area contributed by atoms with Crippen LogP contribution in [0, 0.1) is 5.92 Å². The van der Waals surface area contributed by atoms with Gasteiger partial charge in [-0.2, -0.15) is 0 Å². The van der Waals surface area contributed by atoms with Gasteiger partial charge >= 0.3 is 0 Å². The zero-order chi connectivity index (χ0) is 22.9. The first-order valence-electron chi connectivity index (χ1n) is 11.8. The molecule has 0 aliphatic carbocycles. The molecule has 0 N–H and O–H groups in total. The monoisotopic (exact) mass is 445 g/mol. The Hall–Kier alpha value is -3.19. The molecule has 172 valence electrons. The lowest BCUT2D eigenvalue weighted by molar-refractivity contribution is 0.0623. The van der Waals surface area contributed by atoms with Gasteiger partial charge in [0.1, 0.15) is 0 Å². The van der Waals surface area contributed by atoms with Gasteiger partial charge in [-0.1, -0.05) is 44.2 Å². The summed E-state index contributed by atoms with van der Waals surface area (Å²) in [7, 11) is 0. The molecule has 1 saturated heterocycles. The second kappa shape index (κ2) is 8.98. The highest BCUT2D eigenvalue weighted by molar-refractivity contribution is 6.00. The van der Waals surface area contributed by atoms with Crippen molar-refractivity contribution in [1.82, 2.24) is 24.3 Å². The molecule has 7 nitrogen and oxygen atoms in total. The molecular formula is C26H31N5O2. The van der Waals surface area contributed by atoms with Crippen LogP contribution in [0.3, 0.4) is 0 Å². The van der Waals surface area contributed by atoms with Crippen LogP contribution in [-0.4, -0.2) is 75.3 Å². The van der Waals surface area contributed by atoms with Gasteiger partial charge in [-0.15, -0.1) is 0 Å². The van der Waals surface area contributed by atoms with Gasteiger partial charge in [0.25, 0.3) is 11.8 Å². The Morgan fingerprint density at radius 1 is 0.970 bits per heavy atom. The molecule has 0 spiro atoms. The van der Waals surface area contributed by atoms with Crippen LogP contribution in [-0.2, 0) is 13.1 Å². The lowest BCUT2D eigenvalue weighted by Crippen LogP contribution is -2.49. The molecule has 0 bridgehead atoms. The molecule has 0 atom stereocenters. The average molecular weight is 446 g/mol. The summed E-state index contributed by atoms with van der Waals surface area (Å²) in [5.41, 5.74) is 3.38. The fourth-order valence-corrected chi connectivity index (χ4v) is 4.90. The normalized spacial score (nSPS) is 17.1. The largest absolute Gasteiger partial charge is 0.336 e. The van der Waals surface area contributed by atoms with Crippen molar-refractivity contribution in [1.29, 1.82) is 0 Å². The standard InChI is InChI=1S/C26H31N5O2/c1-19(2)17-28-10-12-29(13-11-28)25(32)21-8-9-23-22(16-21)27-24-26(33)30(14-15-31(23)24)18-20-6-4-3-5-7-20/h3-9,16,19H,10-15,17-18H2,1-2H3. The third-order valence-corrected chi connectivity index (χ3v) is 6.57. The Morgan fingerprint density at radius 2 is 1.73 bits per heavy atom. The molecule has 1 aromatic heterocycles. The molecule has 2 aliphatic heterocycles. The maximum absolute atomic E-state index is 13.1. The quantitative estimate of drug-likeness (QED) is 0.606. The van der Waals surface area contributed by atoms with E-state index in [0.717, 1.165) is 43.8 Å². The number of amides is 2. The maximum atomic E-state index is 13.1. The number of carbonyl (C=O) groups excluding carboxylic acids is 2. The molecule has 1 fully saturated rings. The van der Waals surface area contributed by atoms with Gasteiger partial charge in [0, 0.05) is 57.9 Å². The first kappa shape index (κ1) is 21.6. The number of hydrogen-bond acceptors (Lipinski definition) is 4. The van der Waals surface area contributed by atoms with Crippen LogP contribution in [0.2, 0.25) is 0 Å². The molecule has 0 unspecified atom stereocenters. The Bertz CT molecular complexity index is 1160. The first-order valence-corrected chi connectivity index (χ1v) is 11.8. The number of hydrogen-bond donors (Lipinski definition) is 0. The summed E-state index contributed by atoms with van der Waals surface area (Å²) in [4.78, 5) is 37.1. The van der Waals surface area contributed by atoms with Gasteiger partial charge in [-0.05, 0) is 29.7 Å². The maximum Gasteiger partial charge on any atom is 0.290 e. The van der Waals surface area contributed by atoms with Gasteiger partial charge in [0.05, 0.1) is 11.0 Å². The van der Waals surface area contributed by atoms with Gasteiger partial charge in [-0.3, -0.25) is 14.5 Å². The molecule has 33 heavy (non-hydrogen) atoms. The summed E-state index contributed by atoms with van der Waals surface area (Å²) in [6, 6.07) is 15.7. The molecule has 0 radical (unpaired) electrons. The molecule has 7 heteroatoms. The minimum Gasteiger partial charge on any atom is -0.336 e. The van der Waals surface area contributed by atoms with Crippen molar-refractivity contribution in [3.8, 4) is 0 Å². The molecule has 2 aromatic carbocycles. The van der Waals surface area contributed by atoms with Crippen molar-refractivity contribution < 1.29 is 9.59 Å². The van der Waals surface area contributed by atoms with Crippen LogP contribution in [0.25, 0.3) is 11.0 Å². The van der Waals surface area contributed by atoms with Crippen molar-refractivity contribution >= 4 is 22.8 Å². The van der Waals surface area contributed by atoms with E-state index in [1.165, 1.54) is 0 Å². The van der Waals surface area contributed by atoms with Crippen LogP contribution >= 0.6 is 0 Å². The van der Waals surface area contributed by atoms with Crippen LogP contribution in [0.15, 0.2) is 48.5 Å². The van der Waals surface area contributed by atoms with E-state index in [2.05, 4.69) is 23.7 Å². The average Bonchev–Trinajstić information content (AvgIpc) is 3.20. The highest BCUT2D eigenvalue weighted by atomic mass is 16.2. The fraction of sp³-hybridized carbons (Fsp3) is 0.423. The van der Waals surface area contributed by atoms with E-state index in [9.17, 15) is 9.59 Å². The van der Waals surface area contributed by atoms with E-state index in [0.29, 0.717) is 42.5 Å². The first-order chi connectivity index (χ1) is 16.0. The van der Waals surface area contributed by atoms with Crippen LogP contribution in [0.5, 0.6) is 0 Å². The van der Waals surface area contributed by atoms with Crippen molar-refractivity contribution in [3.63, 3.8) is 0 Å². The number of benzene rings is 2. The summed E-state index contributed by atoms with van der Waals surface area (Å²) in [6.07, 6.45) is 0. The van der Waals surface area contributed by atoms with Gasteiger partial charge in [0.2, 0.25) is 0 Å². The van der Waals surface area contributed by atoms with Crippen molar-refractivity contribution in [3.05, 3.63) is 65.5 Å². The molecular weight excluding hydrogens is 414 g/mol. The van der Waals surface area contributed by atoms with Gasteiger partial charge < -0.3 is 14.4 Å². The van der Waals surface area contributed by atoms with E-state index in [4.69, 9.17) is 0 Å². The number of nitrogens with zero attached hydrogens (tertiary/aromatic N) is 5. The van der Waals surface area contributed by atoms with Gasteiger partial charge in [-0.25, -0.2) is 4.98 Å². The number of fused-ring (bicyclic) bond motifs is 3. The Kier molecular flexibility index (Phi) is 5.89. The smallest absolute Gasteiger partial charge is 0.290 e. The highest BCUT2D eigenvalue weighted by Crippen LogP contribution is 2.24. The lowest BCUT2D eigenvalue weighted by atomic mass is 10.1. The predicted molar refractivity (Wildman–Crippen MR) is 128 cm³/mol. The summed E-state index contributed by atoms with van der Waals surface area (Å²) < 4.78 is 1.98. The SMILES string of the molecule is CC(C)CN1CCN(C(=O)c2ccc3c(c2)nc2n3CCN(Cc3ccccc3)C2=O)CC1. The predicted octanol–water partition coefficient (Wildman–Crippen LogP) is 3.11. The van der Waals surface area contributed by atoms with Crippen molar-refractivity contribution in [2.24, 2.45) is 5.92 Å². The minimum atomic E-state index is -0.0598. The highest BCUT2D eigenvalue weighted by Gasteiger charge is 2.29. The molecule has 0 saturated carbocycles. The summed E-state index contributed by atoms with van der Waals surface area (Å²) in [5.74, 6) is 1.08. The summed E-state index contributed by atoms with van der Waals surface area (Å²) >= 11 is 0. The third kappa shape index (κ3) is 4.37. The fourth-order valence-electron chi connectivity index (χ4n) is 4.90. The minimum absolute atomic E-state index is 0.0455. The summed E-state index contributed by atoms with van der Waals surface area (Å²) in [5, 5.41) is 0. The van der Waals surface area contributed by atoms with E-state index >= 15 is 0 Å². The van der Waals surface area contributed by atoms with Gasteiger partial charge in [0.15, 0.2) is 5.82 Å². The van der Waals surface area contributed by atoms with Crippen molar-refractivity contribution in [2.45, 2.75) is 26.9 Å². The number of carbonyl (C=O) groups is 2. The third-order valence-electron chi connectivity index (χ3n) is 6.57. The van der Waals surface area contributed by atoms with Crippen LogP contribution < -0.4 is 0 Å². The second-order valence-electron chi connectivity index (χ2n) is 9.49. The molecule has 5 rings (SSSR count). The van der Waals surface area contributed by atoms with Crippen LogP contribution in [0.4, 0.5) is 0 Å². The Morgan fingerprint density at radius 3 is 2.45 bits per heavy atom. The molecule has 3 aromatic rings. The Balaban J connectivity index is 1.32. The topological polar surface area (TPSA) is 61.7 Å². The zero-order valence-electron chi connectivity index (χ0n) is 19.4. The van der Waals surface area contributed by atoms with E-state index < -0.39 is 0 Å². The Labute approximate surface area is 194 Å². The number of aromatic nitrogens is 2. The molecule has 2 amide bonds. The lowest BCUT2D eigenvalue weighted by Gasteiger charge is -2.35. The van der Waals surface area contributed by atoms with Crippen LogP contribution in [0.1, 0.15) is 40.4 Å². The second-order valence-corrected chi connectivity index (χ2v) is 9.49. The number of rotatable bonds is 5. The molecule has 3 heterocycles. The number of imidazole rings is 1. The zero-order valence-corrected chi connectivity index (χ0v) is 19.4. The number of piperazine rings is 1. The van der Waals surface area contributed by atoms with Crippen molar-refractivity contribution in [2.75, 3.05) is 39.3 Å².